The van der Waals surface area contributed by atoms with Gasteiger partial charge in [-0.05, 0) is 19.3 Å². The summed E-state index contributed by atoms with van der Waals surface area (Å²) in [6.45, 7) is 0.876. The van der Waals surface area contributed by atoms with E-state index in [0.717, 1.165) is 6.42 Å². The summed E-state index contributed by atoms with van der Waals surface area (Å²) in [4.78, 5) is 22.8. The molecule has 0 aliphatic heterocycles. The van der Waals surface area contributed by atoms with Crippen LogP contribution >= 0.6 is 0 Å². The molecule has 0 bridgehead atoms. The van der Waals surface area contributed by atoms with Crippen LogP contribution < -0.4 is 16.4 Å². The number of ether oxygens (including phenoxy) is 1. The molecule has 0 unspecified atom stereocenters. The van der Waals surface area contributed by atoms with E-state index in [1.54, 1.807) is 7.11 Å². The SMILES string of the molecule is COCCNC(=O)CNC(=O)C1(N)CCC1. The third kappa shape index (κ3) is 3.46. The van der Waals surface area contributed by atoms with Crippen molar-refractivity contribution in [3.05, 3.63) is 0 Å². The zero-order valence-electron chi connectivity index (χ0n) is 9.54. The van der Waals surface area contributed by atoms with E-state index < -0.39 is 5.54 Å². The minimum Gasteiger partial charge on any atom is -0.383 e. The Kier molecular flexibility index (Phi) is 4.70. The van der Waals surface area contributed by atoms with Gasteiger partial charge in [0.05, 0.1) is 18.7 Å². The molecular formula is C10H19N3O3. The summed E-state index contributed by atoms with van der Waals surface area (Å²) in [6, 6.07) is 0. The van der Waals surface area contributed by atoms with Gasteiger partial charge in [0.2, 0.25) is 11.8 Å². The van der Waals surface area contributed by atoms with Gasteiger partial charge in [0.15, 0.2) is 0 Å². The standard InChI is InChI=1S/C10H19N3O3/c1-16-6-5-12-8(14)7-13-9(15)10(11)3-2-4-10/h2-7,11H2,1H3,(H,12,14)(H,13,15). The van der Waals surface area contributed by atoms with E-state index in [1.807, 2.05) is 0 Å². The van der Waals surface area contributed by atoms with Gasteiger partial charge in [0.25, 0.3) is 0 Å². The number of nitrogens with two attached hydrogens (primary N) is 1. The molecule has 0 heterocycles. The zero-order chi connectivity index (χ0) is 12.0. The fourth-order valence-electron chi connectivity index (χ4n) is 1.48. The highest BCUT2D eigenvalue weighted by atomic mass is 16.5. The number of hydrogen-bond acceptors (Lipinski definition) is 4. The van der Waals surface area contributed by atoms with Crippen LogP contribution in [0.5, 0.6) is 0 Å². The van der Waals surface area contributed by atoms with E-state index in [9.17, 15) is 9.59 Å². The monoisotopic (exact) mass is 229 g/mol. The lowest BCUT2D eigenvalue weighted by Gasteiger charge is -2.36. The van der Waals surface area contributed by atoms with Crippen molar-refractivity contribution in [2.24, 2.45) is 5.73 Å². The molecule has 1 fully saturated rings. The number of amides is 2. The molecule has 4 N–H and O–H groups in total. The Morgan fingerprint density at radius 3 is 2.56 bits per heavy atom. The number of carbonyl (C=O) groups excluding carboxylic acids is 2. The Hall–Kier alpha value is -1.14. The van der Waals surface area contributed by atoms with Gasteiger partial charge < -0.3 is 21.1 Å². The molecule has 1 aliphatic rings. The molecule has 1 saturated carbocycles. The van der Waals surface area contributed by atoms with Gasteiger partial charge in [-0.15, -0.1) is 0 Å². The lowest BCUT2D eigenvalue weighted by molar-refractivity contribution is -0.131. The van der Waals surface area contributed by atoms with Crippen molar-refractivity contribution in [1.29, 1.82) is 0 Å². The summed E-state index contributed by atoms with van der Waals surface area (Å²) in [6.07, 6.45) is 2.37. The molecule has 1 rings (SSSR count). The Morgan fingerprint density at radius 1 is 1.38 bits per heavy atom. The van der Waals surface area contributed by atoms with Crippen LogP contribution in [0.1, 0.15) is 19.3 Å². The largest absolute Gasteiger partial charge is 0.383 e. The van der Waals surface area contributed by atoms with E-state index in [1.165, 1.54) is 0 Å². The van der Waals surface area contributed by atoms with E-state index in [-0.39, 0.29) is 18.4 Å². The van der Waals surface area contributed by atoms with Gasteiger partial charge in [-0.25, -0.2) is 0 Å². The van der Waals surface area contributed by atoms with Crippen LogP contribution in [0.4, 0.5) is 0 Å². The molecule has 0 radical (unpaired) electrons. The smallest absolute Gasteiger partial charge is 0.240 e. The Morgan fingerprint density at radius 2 is 2.06 bits per heavy atom. The average molecular weight is 229 g/mol. The van der Waals surface area contributed by atoms with Crippen LogP contribution in [0.3, 0.4) is 0 Å². The quantitative estimate of drug-likeness (QED) is 0.496. The minimum atomic E-state index is -0.743. The highest BCUT2D eigenvalue weighted by Gasteiger charge is 2.39. The van der Waals surface area contributed by atoms with Crippen molar-refractivity contribution in [3.8, 4) is 0 Å². The van der Waals surface area contributed by atoms with E-state index in [0.29, 0.717) is 26.0 Å². The maximum absolute atomic E-state index is 11.5. The minimum absolute atomic E-state index is 0.0263. The highest BCUT2D eigenvalue weighted by molar-refractivity contribution is 5.90. The van der Waals surface area contributed by atoms with Crippen molar-refractivity contribution in [1.82, 2.24) is 10.6 Å². The molecule has 92 valence electrons. The van der Waals surface area contributed by atoms with Crippen LogP contribution in [-0.4, -0.2) is 44.2 Å². The number of carbonyl (C=O) groups is 2. The summed E-state index contributed by atoms with van der Waals surface area (Å²) >= 11 is 0. The van der Waals surface area contributed by atoms with Gasteiger partial charge in [-0.3, -0.25) is 9.59 Å². The molecule has 0 saturated heterocycles. The lowest BCUT2D eigenvalue weighted by atomic mass is 9.77. The first kappa shape index (κ1) is 12.9. The van der Waals surface area contributed by atoms with Gasteiger partial charge >= 0.3 is 0 Å². The first-order valence-corrected chi connectivity index (χ1v) is 5.41. The third-order valence-electron chi connectivity index (χ3n) is 2.74. The molecule has 0 spiro atoms. The molecule has 0 aromatic rings. The Labute approximate surface area is 94.9 Å². The van der Waals surface area contributed by atoms with E-state index in [2.05, 4.69) is 10.6 Å². The third-order valence-corrected chi connectivity index (χ3v) is 2.74. The summed E-state index contributed by atoms with van der Waals surface area (Å²) in [5.74, 6) is -0.464. The lowest BCUT2D eigenvalue weighted by Crippen LogP contribution is -2.59. The second kappa shape index (κ2) is 5.81. The predicted octanol–water partition coefficient (Wildman–Crippen LogP) is -1.25. The highest BCUT2D eigenvalue weighted by Crippen LogP contribution is 2.28. The van der Waals surface area contributed by atoms with Crippen LogP contribution in [0.15, 0.2) is 0 Å². The Balaban J connectivity index is 2.14. The summed E-state index contributed by atoms with van der Waals surface area (Å²) in [7, 11) is 1.56. The molecular weight excluding hydrogens is 210 g/mol. The molecule has 1 aliphatic carbocycles. The molecule has 16 heavy (non-hydrogen) atoms. The number of methoxy groups -OCH3 is 1. The van der Waals surface area contributed by atoms with Crippen LogP contribution in [0.2, 0.25) is 0 Å². The molecule has 0 atom stereocenters. The Bertz CT molecular complexity index is 264. The second-order valence-electron chi connectivity index (χ2n) is 4.04. The fourth-order valence-corrected chi connectivity index (χ4v) is 1.48. The van der Waals surface area contributed by atoms with Crippen LogP contribution in [-0.2, 0) is 14.3 Å². The van der Waals surface area contributed by atoms with E-state index in [4.69, 9.17) is 10.5 Å². The second-order valence-corrected chi connectivity index (χ2v) is 4.04. The maximum atomic E-state index is 11.5. The van der Waals surface area contributed by atoms with Crippen molar-refractivity contribution in [2.45, 2.75) is 24.8 Å². The summed E-state index contributed by atoms with van der Waals surface area (Å²) in [5, 5.41) is 5.14. The van der Waals surface area contributed by atoms with E-state index >= 15 is 0 Å². The number of rotatable bonds is 6. The van der Waals surface area contributed by atoms with Crippen molar-refractivity contribution in [3.63, 3.8) is 0 Å². The zero-order valence-corrected chi connectivity index (χ0v) is 9.54. The summed E-state index contributed by atoms with van der Waals surface area (Å²) in [5.41, 5.74) is 5.05. The van der Waals surface area contributed by atoms with Crippen molar-refractivity contribution >= 4 is 11.8 Å². The fraction of sp³-hybridized carbons (Fsp3) is 0.800. The number of nitrogens with one attached hydrogen (secondary N) is 2. The molecule has 0 aromatic carbocycles. The van der Waals surface area contributed by atoms with Gasteiger partial charge in [0, 0.05) is 13.7 Å². The molecule has 6 heteroatoms. The average Bonchev–Trinajstić information content (AvgIpc) is 2.23. The number of hydrogen-bond donors (Lipinski definition) is 3. The van der Waals surface area contributed by atoms with Gasteiger partial charge in [0.1, 0.15) is 0 Å². The molecule has 2 amide bonds. The van der Waals surface area contributed by atoms with Gasteiger partial charge in [-0.2, -0.15) is 0 Å². The van der Waals surface area contributed by atoms with Crippen molar-refractivity contribution < 1.29 is 14.3 Å². The molecule has 0 aromatic heterocycles. The topological polar surface area (TPSA) is 93.5 Å². The normalized spacial score (nSPS) is 17.4. The first-order chi connectivity index (χ1) is 7.58. The van der Waals surface area contributed by atoms with Crippen LogP contribution in [0, 0.1) is 0 Å². The first-order valence-electron chi connectivity index (χ1n) is 5.41. The maximum Gasteiger partial charge on any atom is 0.240 e. The van der Waals surface area contributed by atoms with Gasteiger partial charge in [-0.1, -0.05) is 0 Å². The van der Waals surface area contributed by atoms with Crippen molar-refractivity contribution in [2.75, 3.05) is 26.8 Å². The molecule has 6 nitrogen and oxygen atoms in total. The summed E-state index contributed by atoms with van der Waals surface area (Å²) < 4.78 is 4.78. The van der Waals surface area contributed by atoms with Crippen LogP contribution in [0.25, 0.3) is 0 Å². The predicted molar refractivity (Wildman–Crippen MR) is 58.7 cm³/mol.